The average Bonchev–Trinajstić information content (AvgIpc) is 2.52. The van der Waals surface area contributed by atoms with Crippen molar-refractivity contribution < 1.29 is 14.3 Å². The number of hydrogen-bond donors (Lipinski definition) is 0. The maximum atomic E-state index is 11.0. The van der Waals surface area contributed by atoms with Crippen LogP contribution < -0.4 is 9.47 Å². The van der Waals surface area contributed by atoms with Gasteiger partial charge in [0.1, 0.15) is 24.7 Å². The minimum Gasteiger partial charge on any atom is -0.490 e. The summed E-state index contributed by atoms with van der Waals surface area (Å²) in [5.74, 6) is 1.83. The lowest BCUT2D eigenvalue weighted by Gasteiger charge is -2.13. The highest BCUT2D eigenvalue weighted by atomic mass is 35.5. The van der Waals surface area contributed by atoms with E-state index >= 15 is 0 Å². The number of halogens is 1. The number of carbonyl (C=O) groups excluding carboxylic acids is 1. The summed E-state index contributed by atoms with van der Waals surface area (Å²) >= 11 is 5.85. The van der Waals surface area contributed by atoms with E-state index in [4.69, 9.17) is 21.1 Å². The second-order valence-corrected chi connectivity index (χ2v) is 6.11. The van der Waals surface area contributed by atoms with Crippen LogP contribution >= 0.6 is 11.6 Å². The van der Waals surface area contributed by atoms with Gasteiger partial charge in [0.05, 0.1) is 5.56 Å². The SMILES string of the molecule is Cc1cc(OCCOc2ccc(Cl)cc2C=O)ccc1C(C)C. The highest BCUT2D eigenvalue weighted by molar-refractivity contribution is 6.30. The number of hydrogen-bond acceptors (Lipinski definition) is 3. The van der Waals surface area contributed by atoms with Crippen molar-refractivity contribution in [2.45, 2.75) is 26.7 Å². The van der Waals surface area contributed by atoms with Gasteiger partial charge in [0, 0.05) is 5.02 Å². The molecule has 0 N–H and O–H groups in total. The van der Waals surface area contributed by atoms with E-state index in [0.717, 1.165) is 12.0 Å². The Labute approximate surface area is 142 Å². The van der Waals surface area contributed by atoms with E-state index in [1.165, 1.54) is 11.1 Å². The number of benzene rings is 2. The quantitative estimate of drug-likeness (QED) is 0.526. The first kappa shape index (κ1) is 17.4. The molecule has 0 radical (unpaired) electrons. The van der Waals surface area contributed by atoms with Crippen molar-refractivity contribution >= 4 is 17.9 Å². The molecule has 0 spiro atoms. The fourth-order valence-electron chi connectivity index (χ4n) is 2.44. The molecule has 0 aliphatic carbocycles. The molecule has 2 aromatic carbocycles. The van der Waals surface area contributed by atoms with E-state index in [0.29, 0.717) is 35.5 Å². The first-order valence-corrected chi connectivity index (χ1v) is 8.00. The van der Waals surface area contributed by atoms with Gasteiger partial charge in [-0.25, -0.2) is 0 Å². The van der Waals surface area contributed by atoms with Gasteiger partial charge in [-0.15, -0.1) is 0 Å². The Hall–Kier alpha value is -2.00. The van der Waals surface area contributed by atoms with Crippen LogP contribution in [-0.4, -0.2) is 19.5 Å². The molecule has 0 unspecified atom stereocenters. The van der Waals surface area contributed by atoms with Crippen molar-refractivity contribution in [2.75, 3.05) is 13.2 Å². The zero-order chi connectivity index (χ0) is 16.8. The summed E-state index contributed by atoms with van der Waals surface area (Å²) in [6.45, 7) is 7.19. The van der Waals surface area contributed by atoms with Gasteiger partial charge in [-0.2, -0.15) is 0 Å². The maximum absolute atomic E-state index is 11.0. The third-order valence-electron chi connectivity index (χ3n) is 3.57. The van der Waals surface area contributed by atoms with E-state index in [-0.39, 0.29) is 0 Å². The van der Waals surface area contributed by atoms with Gasteiger partial charge in [-0.3, -0.25) is 4.79 Å². The minimum atomic E-state index is 0.355. The Morgan fingerprint density at radius 1 is 1.09 bits per heavy atom. The predicted octanol–water partition coefficient (Wildman–Crippen LogP) is 5.04. The van der Waals surface area contributed by atoms with Crippen LogP contribution in [0.5, 0.6) is 11.5 Å². The molecule has 0 saturated carbocycles. The number of aldehydes is 1. The number of ether oxygens (including phenoxy) is 2. The van der Waals surface area contributed by atoms with Crippen molar-refractivity contribution in [2.24, 2.45) is 0 Å². The molecule has 0 atom stereocenters. The molecule has 2 rings (SSSR count). The molecule has 2 aromatic rings. The number of aryl methyl sites for hydroxylation is 1. The zero-order valence-corrected chi connectivity index (χ0v) is 14.4. The largest absolute Gasteiger partial charge is 0.490 e. The molecule has 0 aromatic heterocycles. The van der Waals surface area contributed by atoms with Crippen LogP contribution in [0, 0.1) is 6.92 Å². The lowest BCUT2D eigenvalue weighted by molar-refractivity contribution is 0.111. The van der Waals surface area contributed by atoms with Gasteiger partial charge < -0.3 is 9.47 Å². The first-order chi connectivity index (χ1) is 11.0. The molecule has 4 heteroatoms. The Morgan fingerprint density at radius 2 is 1.83 bits per heavy atom. The number of rotatable bonds is 7. The molecule has 0 aliphatic heterocycles. The lowest BCUT2D eigenvalue weighted by atomic mass is 9.98. The molecule has 0 bridgehead atoms. The van der Waals surface area contributed by atoms with Gasteiger partial charge in [-0.05, 0) is 54.3 Å². The van der Waals surface area contributed by atoms with Crippen LogP contribution in [-0.2, 0) is 0 Å². The smallest absolute Gasteiger partial charge is 0.153 e. The topological polar surface area (TPSA) is 35.5 Å². The molecule has 0 heterocycles. The van der Waals surface area contributed by atoms with Crippen LogP contribution in [0.3, 0.4) is 0 Å². The van der Waals surface area contributed by atoms with Crippen LogP contribution in [0.1, 0.15) is 41.3 Å². The molecular weight excluding hydrogens is 312 g/mol. The minimum absolute atomic E-state index is 0.355. The highest BCUT2D eigenvalue weighted by Crippen LogP contribution is 2.24. The predicted molar refractivity (Wildman–Crippen MR) is 93.1 cm³/mol. The van der Waals surface area contributed by atoms with E-state index in [1.807, 2.05) is 12.1 Å². The van der Waals surface area contributed by atoms with Gasteiger partial charge >= 0.3 is 0 Å². The summed E-state index contributed by atoms with van der Waals surface area (Å²) in [5.41, 5.74) is 2.99. The van der Waals surface area contributed by atoms with Crippen LogP contribution in [0.15, 0.2) is 36.4 Å². The molecule has 0 amide bonds. The van der Waals surface area contributed by atoms with Gasteiger partial charge in [-0.1, -0.05) is 31.5 Å². The summed E-state index contributed by atoms with van der Waals surface area (Å²) in [5, 5.41) is 0.511. The van der Waals surface area contributed by atoms with Crippen molar-refractivity contribution in [3.63, 3.8) is 0 Å². The summed E-state index contributed by atoms with van der Waals surface area (Å²) in [6, 6.07) is 11.1. The molecule has 23 heavy (non-hydrogen) atoms. The summed E-state index contributed by atoms with van der Waals surface area (Å²) in [6.07, 6.45) is 0.732. The summed E-state index contributed by atoms with van der Waals surface area (Å²) in [4.78, 5) is 11.0. The fraction of sp³-hybridized carbons (Fsp3) is 0.316. The summed E-state index contributed by atoms with van der Waals surface area (Å²) < 4.78 is 11.3. The third kappa shape index (κ3) is 4.73. The molecule has 3 nitrogen and oxygen atoms in total. The second kappa shape index (κ2) is 8.02. The van der Waals surface area contributed by atoms with Crippen LogP contribution in [0.4, 0.5) is 0 Å². The van der Waals surface area contributed by atoms with E-state index < -0.39 is 0 Å². The Balaban J connectivity index is 1.88. The van der Waals surface area contributed by atoms with Gasteiger partial charge in [0.2, 0.25) is 0 Å². The average molecular weight is 333 g/mol. The zero-order valence-electron chi connectivity index (χ0n) is 13.6. The molecule has 0 saturated heterocycles. The molecule has 0 fully saturated rings. The van der Waals surface area contributed by atoms with Gasteiger partial charge in [0.25, 0.3) is 0 Å². The first-order valence-electron chi connectivity index (χ1n) is 7.62. The highest BCUT2D eigenvalue weighted by Gasteiger charge is 2.06. The monoisotopic (exact) mass is 332 g/mol. The molecule has 122 valence electrons. The van der Waals surface area contributed by atoms with Crippen LogP contribution in [0.2, 0.25) is 5.02 Å². The molecule has 0 aliphatic rings. The fourth-order valence-corrected chi connectivity index (χ4v) is 2.62. The standard InChI is InChI=1S/C19H21ClO3/c1-13(2)18-6-5-17(10-14(18)3)22-8-9-23-19-7-4-16(20)11-15(19)12-21/h4-7,10-13H,8-9H2,1-3H3. The summed E-state index contributed by atoms with van der Waals surface area (Å²) in [7, 11) is 0. The van der Waals surface area contributed by atoms with Crippen molar-refractivity contribution in [3.8, 4) is 11.5 Å². The van der Waals surface area contributed by atoms with Crippen molar-refractivity contribution in [1.82, 2.24) is 0 Å². The second-order valence-electron chi connectivity index (χ2n) is 5.67. The Kier molecular flexibility index (Phi) is 6.05. The Morgan fingerprint density at radius 3 is 2.48 bits per heavy atom. The van der Waals surface area contributed by atoms with Crippen LogP contribution in [0.25, 0.3) is 0 Å². The van der Waals surface area contributed by atoms with Gasteiger partial charge in [0.15, 0.2) is 6.29 Å². The van der Waals surface area contributed by atoms with E-state index in [9.17, 15) is 4.79 Å². The van der Waals surface area contributed by atoms with Crippen molar-refractivity contribution in [1.29, 1.82) is 0 Å². The van der Waals surface area contributed by atoms with E-state index in [1.54, 1.807) is 18.2 Å². The van der Waals surface area contributed by atoms with E-state index in [2.05, 4.69) is 26.8 Å². The number of carbonyl (C=O) groups is 1. The Bertz CT molecular complexity index is 680. The third-order valence-corrected chi connectivity index (χ3v) is 3.81. The maximum Gasteiger partial charge on any atom is 0.153 e. The molecular formula is C19H21ClO3. The normalized spacial score (nSPS) is 10.7. The lowest BCUT2D eigenvalue weighted by Crippen LogP contribution is -2.10. The van der Waals surface area contributed by atoms with Crippen molar-refractivity contribution in [3.05, 3.63) is 58.1 Å².